The van der Waals surface area contributed by atoms with Crippen LogP contribution in [-0.2, 0) is 11.2 Å². The predicted octanol–water partition coefficient (Wildman–Crippen LogP) is 2.51. The Bertz CT molecular complexity index is 889. The summed E-state index contributed by atoms with van der Waals surface area (Å²) in [5.74, 6) is -1.23. The molecule has 0 radical (unpaired) electrons. The van der Waals surface area contributed by atoms with E-state index in [1.54, 1.807) is 28.0 Å². The Labute approximate surface area is 167 Å². The smallest absolute Gasteiger partial charge is 0.254 e. The van der Waals surface area contributed by atoms with E-state index in [2.05, 4.69) is 0 Å². The average molecular weight is 404 g/mol. The fourth-order valence-electron chi connectivity index (χ4n) is 3.21. The summed E-state index contributed by atoms with van der Waals surface area (Å²) < 4.78 is 36.7. The molecule has 0 N–H and O–H groups in total. The normalized spacial score (nSPS) is 13.9. The largest absolute Gasteiger partial charge is 0.497 e. The summed E-state index contributed by atoms with van der Waals surface area (Å²) in [4.78, 5) is 28.5. The maximum atomic E-state index is 13.3. The van der Waals surface area contributed by atoms with Crippen LogP contribution in [0.15, 0.2) is 36.4 Å². The van der Waals surface area contributed by atoms with Gasteiger partial charge in [0.05, 0.1) is 20.6 Å². The molecule has 1 fully saturated rings. The molecule has 1 saturated heterocycles. The third-order valence-corrected chi connectivity index (χ3v) is 4.86. The van der Waals surface area contributed by atoms with Gasteiger partial charge in [-0.1, -0.05) is 6.07 Å². The van der Waals surface area contributed by atoms with Gasteiger partial charge in [-0.05, 0) is 29.8 Å². The highest BCUT2D eigenvalue weighted by molar-refractivity contribution is 5.95. The lowest BCUT2D eigenvalue weighted by Crippen LogP contribution is -2.51. The van der Waals surface area contributed by atoms with Crippen LogP contribution in [0.25, 0.3) is 0 Å². The molecule has 0 unspecified atom stereocenters. The Balaban J connectivity index is 1.60. The topological polar surface area (TPSA) is 59.1 Å². The van der Waals surface area contributed by atoms with E-state index in [1.165, 1.54) is 20.3 Å². The van der Waals surface area contributed by atoms with Crippen molar-refractivity contribution in [2.75, 3.05) is 40.4 Å². The molecule has 8 heteroatoms. The van der Waals surface area contributed by atoms with Crippen molar-refractivity contribution in [3.8, 4) is 11.5 Å². The molecule has 2 amide bonds. The first kappa shape index (κ1) is 20.6. The third-order valence-electron chi connectivity index (χ3n) is 4.86. The summed E-state index contributed by atoms with van der Waals surface area (Å²) in [6, 6.07) is 8.41. The molecule has 29 heavy (non-hydrogen) atoms. The predicted molar refractivity (Wildman–Crippen MR) is 102 cm³/mol. The lowest BCUT2D eigenvalue weighted by molar-refractivity contribution is -0.131. The molecular formula is C21H22F2N2O4. The summed E-state index contributed by atoms with van der Waals surface area (Å²) in [6.07, 6.45) is -0.0156. The fourth-order valence-corrected chi connectivity index (χ4v) is 3.21. The number of halogens is 2. The van der Waals surface area contributed by atoms with Crippen LogP contribution < -0.4 is 9.47 Å². The zero-order valence-electron chi connectivity index (χ0n) is 16.3. The van der Waals surface area contributed by atoms with Crippen molar-refractivity contribution >= 4 is 11.8 Å². The number of nitrogens with zero attached hydrogens (tertiary/aromatic N) is 2. The van der Waals surface area contributed by atoms with Crippen LogP contribution in [0.4, 0.5) is 8.78 Å². The molecule has 0 saturated carbocycles. The standard InChI is InChI=1S/C21H22F2N2O4/c1-28-16-11-15(12-17(13-16)29-2)21(27)25-7-5-24(6-8-25)20(26)10-14-3-4-18(22)19(23)9-14/h3-4,9,11-13H,5-8,10H2,1-2H3. The minimum Gasteiger partial charge on any atom is -0.497 e. The van der Waals surface area contributed by atoms with E-state index in [4.69, 9.17) is 9.47 Å². The zero-order chi connectivity index (χ0) is 21.0. The lowest BCUT2D eigenvalue weighted by atomic mass is 10.1. The van der Waals surface area contributed by atoms with Crippen LogP contribution in [0.1, 0.15) is 15.9 Å². The van der Waals surface area contributed by atoms with Gasteiger partial charge in [-0.25, -0.2) is 8.78 Å². The fraction of sp³-hybridized carbons (Fsp3) is 0.333. The number of carbonyl (C=O) groups excluding carboxylic acids is 2. The SMILES string of the molecule is COc1cc(OC)cc(C(=O)N2CCN(C(=O)Cc3ccc(F)c(F)c3)CC2)c1. The first-order valence-corrected chi connectivity index (χ1v) is 9.15. The van der Waals surface area contributed by atoms with Crippen molar-refractivity contribution in [3.63, 3.8) is 0 Å². The molecule has 2 aromatic rings. The van der Waals surface area contributed by atoms with E-state index >= 15 is 0 Å². The summed E-state index contributed by atoms with van der Waals surface area (Å²) >= 11 is 0. The van der Waals surface area contributed by atoms with E-state index in [0.717, 1.165) is 12.1 Å². The van der Waals surface area contributed by atoms with E-state index in [1.807, 2.05) is 0 Å². The molecule has 3 rings (SSSR count). The zero-order valence-corrected chi connectivity index (χ0v) is 16.3. The van der Waals surface area contributed by atoms with E-state index in [-0.39, 0.29) is 18.2 Å². The van der Waals surface area contributed by atoms with Crippen molar-refractivity contribution in [1.29, 1.82) is 0 Å². The van der Waals surface area contributed by atoms with Gasteiger partial charge in [0.1, 0.15) is 11.5 Å². The molecule has 1 heterocycles. The van der Waals surface area contributed by atoms with E-state index < -0.39 is 11.6 Å². The Hall–Kier alpha value is -3.16. The number of benzene rings is 2. The van der Waals surface area contributed by atoms with Gasteiger partial charge < -0.3 is 19.3 Å². The number of hydrogen-bond donors (Lipinski definition) is 0. The molecule has 154 valence electrons. The monoisotopic (exact) mass is 404 g/mol. The summed E-state index contributed by atoms with van der Waals surface area (Å²) in [5.41, 5.74) is 0.860. The highest BCUT2D eigenvalue weighted by Crippen LogP contribution is 2.24. The first-order chi connectivity index (χ1) is 13.9. The number of methoxy groups -OCH3 is 2. The van der Waals surface area contributed by atoms with Crippen molar-refractivity contribution in [1.82, 2.24) is 9.80 Å². The van der Waals surface area contributed by atoms with Gasteiger partial charge in [0.15, 0.2) is 11.6 Å². The van der Waals surface area contributed by atoms with Crippen molar-refractivity contribution in [2.24, 2.45) is 0 Å². The second-order valence-electron chi connectivity index (χ2n) is 6.70. The molecule has 0 aromatic heterocycles. The van der Waals surface area contributed by atoms with Crippen molar-refractivity contribution in [3.05, 3.63) is 59.2 Å². The Morgan fingerprint density at radius 2 is 1.45 bits per heavy atom. The van der Waals surface area contributed by atoms with Gasteiger partial charge in [0.2, 0.25) is 5.91 Å². The number of piperazine rings is 1. The minimum atomic E-state index is -0.973. The molecule has 6 nitrogen and oxygen atoms in total. The van der Waals surface area contributed by atoms with Crippen LogP contribution in [-0.4, -0.2) is 62.0 Å². The van der Waals surface area contributed by atoms with E-state index in [0.29, 0.717) is 48.8 Å². The second-order valence-corrected chi connectivity index (χ2v) is 6.70. The highest BCUT2D eigenvalue weighted by atomic mass is 19.2. The van der Waals surface area contributed by atoms with Crippen LogP contribution in [0.3, 0.4) is 0 Å². The molecule has 1 aliphatic heterocycles. The summed E-state index contributed by atoms with van der Waals surface area (Å²) in [7, 11) is 3.03. The number of rotatable bonds is 5. The number of ether oxygens (including phenoxy) is 2. The van der Waals surface area contributed by atoms with Gasteiger partial charge in [-0.15, -0.1) is 0 Å². The van der Waals surface area contributed by atoms with Crippen molar-refractivity contribution in [2.45, 2.75) is 6.42 Å². The minimum absolute atomic E-state index is 0.0156. The summed E-state index contributed by atoms with van der Waals surface area (Å²) in [5, 5.41) is 0. The van der Waals surface area contributed by atoms with Gasteiger partial charge in [0, 0.05) is 37.8 Å². The van der Waals surface area contributed by atoms with E-state index in [9.17, 15) is 18.4 Å². The number of amides is 2. The molecule has 0 atom stereocenters. The maximum absolute atomic E-state index is 13.3. The van der Waals surface area contributed by atoms with Crippen LogP contribution >= 0.6 is 0 Å². The first-order valence-electron chi connectivity index (χ1n) is 9.15. The van der Waals surface area contributed by atoms with Crippen molar-refractivity contribution < 1.29 is 27.8 Å². The molecule has 2 aromatic carbocycles. The van der Waals surface area contributed by atoms with Gasteiger partial charge >= 0.3 is 0 Å². The Morgan fingerprint density at radius 1 is 0.862 bits per heavy atom. The average Bonchev–Trinajstić information content (AvgIpc) is 2.75. The maximum Gasteiger partial charge on any atom is 0.254 e. The van der Waals surface area contributed by atoms with Crippen LogP contribution in [0.2, 0.25) is 0 Å². The Morgan fingerprint density at radius 3 is 2.00 bits per heavy atom. The Kier molecular flexibility index (Phi) is 6.31. The number of hydrogen-bond acceptors (Lipinski definition) is 4. The molecule has 0 spiro atoms. The molecule has 0 bridgehead atoms. The third kappa shape index (κ3) is 4.82. The number of carbonyl (C=O) groups is 2. The highest BCUT2D eigenvalue weighted by Gasteiger charge is 2.25. The van der Waals surface area contributed by atoms with Crippen LogP contribution in [0, 0.1) is 11.6 Å². The van der Waals surface area contributed by atoms with Gasteiger partial charge in [0.25, 0.3) is 5.91 Å². The summed E-state index contributed by atoms with van der Waals surface area (Å²) in [6.45, 7) is 1.49. The molecule has 0 aliphatic carbocycles. The molecule has 1 aliphatic rings. The molecular weight excluding hydrogens is 382 g/mol. The quantitative estimate of drug-likeness (QED) is 0.769. The van der Waals surface area contributed by atoms with Gasteiger partial charge in [-0.3, -0.25) is 9.59 Å². The van der Waals surface area contributed by atoms with Gasteiger partial charge in [-0.2, -0.15) is 0 Å². The van der Waals surface area contributed by atoms with Crippen LogP contribution in [0.5, 0.6) is 11.5 Å². The lowest BCUT2D eigenvalue weighted by Gasteiger charge is -2.35. The second kappa shape index (κ2) is 8.89.